The maximum Gasteiger partial charge on any atom is 0.106 e. The standard InChI is InChI=1S/C14H20N2.CH2O/c1-14(2)8-7-10-12(15-3)9-5-4-6-11(9)16-13(10)14;1-2/h4-8H2,1-3H3,(H,15,16);1H2. The van der Waals surface area contributed by atoms with E-state index in [4.69, 9.17) is 9.78 Å². The van der Waals surface area contributed by atoms with Gasteiger partial charge in [0.1, 0.15) is 6.79 Å². The Hall–Kier alpha value is -1.38. The number of fused-ring (bicyclic) bond motifs is 2. The maximum atomic E-state index is 8.00. The second-order valence-electron chi connectivity index (χ2n) is 5.73. The molecule has 1 heterocycles. The van der Waals surface area contributed by atoms with E-state index in [0.29, 0.717) is 0 Å². The van der Waals surface area contributed by atoms with Gasteiger partial charge in [-0.3, -0.25) is 4.98 Å². The summed E-state index contributed by atoms with van der Waals surface area (Å²) in [7, 11) is 2.06. The number of nitrogens with zero attached hydrogens (tertiary/aromatic N) is 1. The Morgan fingerprint density at radius 1 is 1.17 bits per heavy atom. The lowest BCUT2D eigenvalue weighted by molar-refractivity contribution is -0.0979. The molecule has 0 spiro atoms. The van der Waals surface area contributed by atoms with Crippen LogP contribution in [0.15, 0.2) is 0 Å². The van der Waals surface area contributed by atoms with Crippen LogP contribution in [0.1, 0.15) is 49.2 Å². The first-order valence-corrected chi connectivity index (χ1v) is 6.65. The van der Waals surface area contributed by atoms with Crippen LogP contribution >= 0.6 is 0 Å². The van der Waals surface area contributed by atoms with Gasteiger partial charge in [0.05, 0.1) is 5.69 Å². The Labute approximate surface area is 109 Å². The Morgan fingerprint density at radius 2 is 1.89 bits per heavy atom. The summed E-state index contributed by atoms with van der Waals surface area (Å²) >= 11 is 0. The van der Waals surface area contributed by atoms with Gasteiger partial charge in [0, 0.05) is 23.8 Å². The molecule has 2 aliphatic rings. The highest BCUT2D eigenvalue weighted by molar-refractivity contribution is 5.64. The molecule has 3 nitrogen and oxygen atoms in total. The number of anilines is 1. The van der Waals surface area contributed by atoms with Crippen molar-refractivity contribution < 1.29 is 4.79 Å². The van der Waals surface area contributed by atoms with E-state index in [0.717, 1.165) is 0 Å². The predicted molar refractivity (Wildman–Crippen MR) is 74.3 cm³/mol. The highest BCUT2D eigenvalue weighted by Crippen LogP contribution is 2.43. The van der Waals surface area contributed by atoms with Crippen molar-refractivity contribution in [3.63, 3.8) is 0 Å². The van der Waals surface area contributed by atoms with E-state index in [-0.39, 0.29) is 5.41 Å². The van der Waals surface area contributed by atoms with E-state index in [1.54, 1.807) is 0 Å². The molecule has 1 aromatic heterocycles. The van der Waals surface area contributed by atoms with Crippen LogP contribution in [0.4, 0.5) is 5.69 Å². The van der Waals surface area contributed by atoms with Crippen LogP contribution in [0, 0.1) is 0 Å². The van der Waals surface area contributed by atoms with Crippen LogP contribution < -0.4 is 5.32 Å². The molecule has 0 unspecified atom stereocenters. The van der Waals surface area contributed by atoms with E-state index in [2.05, 4.69) is 26.2 Å². The SMILES string of the molecule is C=O.CNc1c2c(nc3c1CCC3(C)C)CCC2. The number of hydrogen-bond donors (Lipinski definition) is 1. The zero-order valence-corrected chi connectivity index (χ0v) is 11.6. The molecule has 1 aromatic rings. The molecule has 0 bridgehead atoms. The number of rotatable bonds is 1. The normalized spacial score (nSPS) is 18.6. The molecule has 0 fully saturated rings. The van der Waals surface area contributed by atoms with Gasteiger partial charge < -0.3 is 10.1 Å². The topological polar surface area (TPSA) is 42.0 Å². The zero-order valence-electron chi connectivity index (χ0n) is 11.6. The first-order chi connectivity index (χ1) is 8.63. The molecule has 0 saturated heterocycles. The molecule has 3 rings (SSSR count). The first-order valence-electron chi connectivity index (χ1n) is 6.65. The lowest BCUT2D eigenvalue weighted by atomic mass is 9.90. The van der Waals surface area contributed by atoms with Crippen molar-refractivity contribution in [2.75, 3.05) is 12.4 Å². The van der Waals surface area contributed by atoms with Gasteiger partial charge in [0.15, 0.2) is 0 Å². The Balaban J connectivity index is 0.000000574. The van der Waals surface area contributed by atoms with Crippen LogP contribution in [0.2, 0.25) is 0 Å². The molecule has 18 heavy (non-hydrogen) atoms. The summed E-state index contributed by atoms with van der Waals surface area (Å²) in [6, 6.07) is 0. The second-order valence-corrected chi connectivity index (χ2v) is 5.73. The van der Waals surface area contributed by atoms with Crippen LogP contribution in [0.3, 0.4) is 0 Å². The minimum Gasteiger partial charge on any atom is -0.388 e. The number of nitrogens with one attached hydrogen (secondary N) is 1. The second kappa shape index (κ2) is 4.71. The van der Waals surface area contributed by atoms with Gasteiger partial charge in [-0.05, 0) is 43.2 Å². The molecule has 0 aromatic carbocycles. The van der Waals surface area contributed by atoms with Crippen LogP contribution in [-0.2, 0) is 29.5 Å². The highest BCUT2D eigenvalue weighted by atomic mass is 16.1. The number of pyridine rings is 1. The van der Waals surface area contributed by atoms with E-state index >= 15 is 0 Å². The van der Waals surface area contributed by atoms with Crippen molar-refractivity contribution in [1.82, 2.24) is 4.98 Å². The quantitative estimate of drug-likeness (QED) is 0.828. The number of hydrogen-bond acceptors (Lipinski definition) is 3. The van der Waals surface area contributed by atoms with Gasteiger partial charge in [-0.25, -0.2) is 0 Å². The van der Waals surface area contributed by atoms with E-state index in [9.17, 15) is 0 Å². The number of carbonyl (C=O) groups is 1. The van der Waals surface area contributed by atoms with Gasteiger partial charge in [-0.2, -0.15) is 0 Å². The Morgan fingerprint density at radius 3 is 2.56 bits per heavy atom. The average Bonchev–Trinajstić information content (AvgIpc) is 2.95. The summed E-state index contributed by atoms with van der Waals surface area (Å²) < 4.78 is 0. The van der Waals surface area contributed by atoms with Crippen molar-refractivity contribution in [2.45, 2.75) is 51.4 Å². The highest BCUT2D eigenvalue weighted by Gasteiger charge is 2.35. The largest absolute Gasteiger partial charge is 0.388 e. The minimum atomic E-state index is 0.276. The maximum absolute atomic E-state index is 8.00. The van der Waals surface area contributed by atoms with Crippen molar-refractivity contribution >= 4 is 12.5 Å². The van der Waals surface area contributed by atoms with Gasteiger partial charge in [0.2, 0.25) is 0 Å². The third kappa shape index (κ3) is 1.82. The molecule has 98 valence electrons. The zero-order chi connectivity index (χ0) is 13.3. The number of aryl methyl sites for hydroxylation is 1. The van der Waals surface area contributed by atoms with Gasteiger partial charge in [0.25, 0.3) is 0 Å². The summed E-state index contributed by atoms with van der Waals surface area (Å²) in [5, 5.41) is 3.43. The molecule has 3 heteroatoms. The fraction of sp³-hybridized carbons (Fsp3) is 0.600. The lowest BCUT2D eigenvalue weighted by Gasteiger charge is -2.20. The Bertz CT molecular complexity index is 466. The fourth-order valence-electron chi connectivity index (χ4n) is 3.28. The summed E-state index contributed by atoms with van der Waals surface area (Å²) in [5.74, 6) is 0. The third-order valence-electron chi connectivity index (χ3n) is 4.22. The molecular weight excluding hydrogens is 224 g/mol. The van der Waals surface area contributed by atoms with Gasteiger partial charge in [-0.15, -0.1) is 0 Å². The van der Waals surface area contributed by atoms with Crippen LogP contribution in [0.25, 0.3) is 0 Å². The fourth-order valence-corrected chi connectivity index (χ4v) is 3.28. The van der Waals surface area contributed by atoms with E-state index in [1.807, 2.05) is 6.79 Å². The lowest BCUT2D eigenvalue weighted by Crippen LogP contribution is -2.15. The molecule has 1 N–H and O–H groups in total. The van der Waals surface area contributed by atoms with Gasteiger partial charge >= 0.3 is 0 Å². The molecule has 2 aliphatic carbocycles. The third-order valence-corrected chi connectivity index (χ3v) is 4.22. The summed E-state index contributed by atoms with van der Waals surface area (Å²) in [4.78, 5) is 13.0. The average molecular weight is 246 g/mol. The molecule has 0 radical (unpaired) electrons. The van der Waals surface area contributed by atoms with E-state index in [1.165, 1.54) is 60.3 Å². The summed E-state index contributed by atoms with van der Waals surface area (Å²) in [6.07, 6.45) is 6.10. The van der Waals surface area contributed by atoms with Crippen LogP contribution in [-0.4, -0.2) is 18.8 Å². The number of carbonyl (C=O) groups excluding carboxylic acids is 1. The Kier molecular flexibility index (Phi) is 3.42. The molecule has 0 saturated carbocycles. The first kappa shape index (κ1) is 13.1. The molecule has 0 aliphatic heterocycles. The van der Waals surface area contributed by atoms with Gasteiger partial charge in [-0.1, -0.05) is 13.8 Å². The molecular formula is C15H22N2O. The smallest absolute Gasteiger partial charge is 0.106 e. The van der Waals surface area contributed by atoms with E-state index < -0.39 is 0 Å². The summed E-state index contributed by atoms with van der Waals surface area (Å²) in [6.45, 7) is 6.65. The van der Waals surface area contributed by atoms with Crippen molar-refractivity contribution in [3.05, 3.63) is 22.5 Å². The predicted octanol–water partition coefficient (Wildman–Crippen LogP) is 2.65. The van der Waals surface area contributed by atoms with Crippen molar-refractivity contribution in [2.24, 2.45) is 0 Å². The molecule has 0 atom stereocenters. The minimum absolute atomic E-state index is 0.276. The molecule has 0 amide bonds. The summed E-state index contributed by atoms with van der Waals surface area (Å²) in [5.41, 5.74) is 7.39. The van der Waals surface area contributed by atoms with Crippen LogP contribution in [0.5, 0.6) is 0 Å². The number of aromatic nitrogens is 1. The van der Waals surface area contributed by atoms with Crippen molar-refractivity contribution in [1.29, 1.82) is 0 Å². The van der Waals surface area contributed by atoms with Crippen molar-refractivity contribution in [3.8, 4) is 0 Å². The monoisotopic (exact) mass is 246 g/mol.